The summed E-state index contributed by atoms with van der Waals surface area (Å²) >= 11 is 0. The first-order valence-electron chi connectivity index (χ1n) is 13.6. The zero-order valence-electron chi connectivity index (χ0n) is 22.0. The molecule has 1 N–H and O–H groups in total. The highest BCUT2D eigenvalue weighted by Gasteiger charge is 2.30. The molecule has 0 spiro atoms. The Bertz CT molecular complexity index is 470. The van der Waals surface area contributed by atoms with E-state index in [1.54, 1.807) is 0 Å². The largest absolute Gasteiger partial charge is 0.381 e. The third-order valence-corrected chi connectivity index (χ3v) is 8.60. The van der Waals surface area contributed by atoms with Gasteiger partial charge in [0.1, 0.15) is 0 Å². The minimum atomic E-state index is 0.431. The fourth-order valence-electron chi connectivity index (χ4n) is 6.97. The van der Waals surface area contributed by atoms with E-state index in [-0.39, 0.29) is 0 Å². The molecule has 0 aromatic rings. The molecule has 2 aliphatic carbocycles. The van der Waals surface area contributed by atoms with Crippen molar-refractivity contribution in [1.82, 2.24) is 5.32 Å². The summed E-state index contributed by atoms with van der Waals surface area (Å²) < 4.78 is 12.0. The van der Waals surface area contributed by atoms with Crippen molar-refractivity contribution in [2.45, 2.75) is 123 Å². The molecule has 2 rings (SSSR count). The first-order chi connectivity index (χ1) is 14.8. The van der Waals surface area contributed by atoms with E-state index in [2.05, 4.69) is 39.9 Å². The van der Waals surface area contributed by atoms with Crippen LogP contribution in [0.15, 0.2) is 0 Å². The Balaban J connectivity index is 2.06. The number of methoxy groups -OCH3 is 2. The van der Waals surface area contributed by atoms with Gasteiger partial charge >= 0.3 is 0 Å². The number of nitrogens with one attached hydrogen (secondary N) is 1. The van der Waals surface area contributed by atoms with E-state index in [0.29, 0.717) is 18.2 Å². The molecule has 0 aromatic heterocycles. The fraction of sp³-hybridized carbons (Fsp3) is 1.00. The predicted octanol–water partition coefficient (Wildman–Crippen LogP) is 7.09. The Morgan fingerprint density at radius 3 is 2.06 bits per heavy atom. The highest BCUT2D eigenvalue weighted by molar-refractivity contribution is 4.83. The van der Waals surface area contributed by atoms with Crippen LogP contribution in [0.2, 0.25) is 0 Å². The third-order valence-electron chi connectivity index (χ3n) is 8.60. The predicted molar refractivity (Wildman–Crippen MR) is 133 cm³/mol. The van der Waals surface area contributed by atoms with E-state index in [1.165, 1.54) is 70.6 Å². The van der Waals surface area contributed by atoms with Gasteiger partial charge in [0.15, 0.2) is 0 Å². The summed E-state index contributed by atoms with van der Waals surface area (Å²) in [6.45, 7) is 13.1. The number of ether oxygens (including phenoxy) is 2. The van der Waals surface area contributed by atoms with Crippen LogP contribution in [-0.4, -0.2) is 39.0 Å². The Morgan fingerprint density at radius 2 is 1.39 bits per heavy atom. The molecule has 0 saturated heterocycles. The van der Waals surface area contributed by atoms with Crippen molar-refractivity contribution in [1.29, 1.82) is 0 Å². The van der Waals surface area contributed by atoms with Gasteiger partial charge in [0, 0.05) is 20.3 Å². The van der Waals surface area contributed by atoms with Crippen LogP contribution < -0.4 is 5.32 Å². The summed E-state index contributed by atoms with van der Waals surface area (Å²) in [5.74, 6) is 4.83. The topological polar surface area (TPSA) is 30.5 Å². The van der Waals surface area contributed by atoms with Gasteiger partial charge in [-0.1, -0.05) is 40.5 Å². The van der Waals surface area contributed by atoms with Crippen molar-refractivity contribution in [3.05, 3.63) is 0 Å². The van der Waals surface area contributed by atoms with E-state index in [0.717, 1.165) is 42.1 Å². The van der Waals surface area contributed by atoms with Crippen LogP contribution in [0, 0.1) is 35.5 Å². The molecule has 0 amide bonds. The molecule has 184 valence electrons. The maximum Gasteiger partial charge on any atom is 0.0576 e. The van der Waals surface area contributed by atoms with Crippen molar-refractivity contribution < 1.29 is 9.47 Å². The van der Waals surface area contributed by atoms with Crippen molar-refractivity contribution in [3.8, 4) is 0 Å². The first kappa shape index (κ1) is 27.1. The molecule has 0 aromatic carbocycles. The smallest absolute Gasteiger partial charge is 0.0576 e. The highest BCUT2D eigenvalue weighted by Crippen LogP contribution is 2.38. The molecule has 0 aliphatic heterocycles. The number of rotatable bonds is 7. The van der Waals surface area contributed by atoms with Crippen molar-refractivity contribution in [2.75, 3.05) is 20.8 Å². The molecule has 3 nitrogen and oxygen atoms in total. The lowest BCUT2D eigenvalue weighted by Crippen LogP contribution is -2.34. The molecule has 9 atom stereocenters. The standard InChI is InChI=1S/C28H55NO2/c1-8-29-23(5)26-11-12-27(30-6)19-25(14-22(4)15-26)17-24-10-9-20(2)13-21(3)16-28(18-24)31-7/h20-29H,8-19H2,1-7H3. The second kappa shape index (κ2) is 14.2. The highest BCUT2D eigenvalue weighted by atomic mass is 16.5. The molecule has 0 radical (unpaired) electrons. The second-order valence-electron chi connectivity index (χ2n) is 11.7. The lowest BCUT2D eigenvalue weighted by molar-refractivity contribution is 0.0472. The average molecular weight is 438 g/mol. The summed E-state index contributed by atoms with van der Waals surface area (Å²) in [4.78, 5) is 0. The van der Waals surface area contributed by atoms with Crippen molar-refractivity contribution >= 4 is 0 Å². The van der Waals surface area contributed by atoms with Crippen LogP contribution in [0.4, 0.5) is 0 Å². The van der Waals surface area contributed by atoms with Crippen LogP contribution in [0.25, 0.3) is 0 Å². The van der Waals surface area contributed by atoms with E-state index in [1.807, 2.05) is 14.2 Å². The van der Waals surface area contributed by atoms with Gasteiger partial charge in [0.05, 0.1) is 12.2 Å². The Kier molecular flexibility index (Phi) is 12.4. The Hall–Kier alpha value is -0.120. The van der Waals surface area contributed by atoms with Gasteiger partial charge in [-0.2, -0.15) is 0 Å². The van der Waals surface area contributed by atoms with Crippen LogP contribution >= 0.6 is 0 Å². The number of hydrogen-bond donors (Lipinski definition) is 1. The maximum absolute atomic E-state index is 6.02. The van der Waals surface area contributed by atoms with Crippen LogP contribution in [0.3, 0.4) is 0 Å². The Labute approximate surface area is 194 Å². The fourth-order valence-corrected chi connectivity index (χ4v) is 6.97. The van der Waals surface area contributed by atoms with Gasteiger partial charge in [-0.25, -0.2) is 0 Å². The summed E-state index contributed by atoms with van der Waals surface area (Å²) in [5.41, 5.74) is 0. The van der Waals surface area contributed by atoms with E-state index in [9.17, 15) is 0 Å². The molecular weight excluding hydrogens is 382 g/mol. The summed E-state index contributed by atoms with van der Waals surface area (Å²) in [6.07, 6.45) is 15.4. The summed E-state index contributed by atoms with van der Waals surface area (Å²) in [5, 5.41) is 3.70. The van der Waals surface area contributed by atoms with E-state index in [4.69, 9.17) is 9.47 Å². The van der Waals surface area contributed by atoms with Gasteiger partial charge in [-0.3, -0.25) is 0 Å². The molecule has 2 saturated carbocycles. The first-order valence-corrected chi connectivity index (χ1v) is 13.6. The van der Waals surface area contributed by atoms with Gasteiger partial charge < -0.3 is 14.8 Å². The van der Waals surface area contributed by atoms with Gasteiger partial charge in [-0.15, -0.1) is 0 Å². The van der Waals surface area contributed by atoms with Gasteiger partial charge in [0.25, 0.3) is 0 Å². The van der Waals surface area contributed by atoms with Crippen molar-refractivity contribution in [2.24, 2.45) is 35.5 Å². The minimum absolute atomic E-state index is 0.431. The quantitative estimate of drug-likeness (QED) is 0.461. The Morgan fingerprint density at radius 1 is 0.710 bits per heavy atom. The molecule has 2 aliphatic rings. The monoisotopic (exact) mass is 437 g/mol. The zero-order valence-corrected chi connectivity index (χ0v) is 22.0. The average Bonchev–Trinajstić information content (AvgIpc) is 2.84. The van der Waals surface area contributed by atoms with Crippen LogP contribution in [0.1, 0.15) is 105 Å². The molecule has 0 bridgehead atoms. The minimum Gasteiger partial charge on any atom is -0.381 e. The van der Waals surface area contributed by atoms with Crippen molar-refractivity contribution in [3.63, 3.8) is 0 Å². The maximum atomic E-state index is 6.02. The SMILES string of the molecule is CCNC(C)C1CCC(OC)CC(CC2CCC(C)CC(C)CC(OC)C2)CC(C)C1. The lowest BCUT2D eigenvalue weighted by Gasteiger charge is -2.30. The van der Waals surface area contributed by atoms with Gasteiger partial charge in [-0.05, 0) is 107 Å². The molecule has 9 unspecified atom stereocenters. The van der Waals surface area contributed by atoms with Crippen LogP contribution in [-0.2, 0) is 9.47 Å². The molecule has 2 fully saturated rings. The second-order valence-corrected chi connectivity index (χ2v) is 11.7. The van der Waals surface area contributed by atoms with Crippen LogP contribution in [0.5, 0.6) is 0 Å². The lowest BCUT2D eigenvalue weighted by atomic mass is 9.79. The number of hydrogen-bond acceptors (Lipinski definition) is 3. The zero-order chi connectivity index (χ0) is 22.8. The summed E-state index contributed by atoms with van der Waals surface area (Å²) in [6, 6.07) is 0.613. The normalized spacial score (nSPS) is 40.0. The van der Waals surface area contributed by atoms with Gasteiger partial charge in [0.2, 0.25) is 0 Å². The molecule has 31 heavy (non-hydrogen) atoms. The van der Waals surface area contributed by atoms with E-state index < -0.39 is 0 Å². The molecule has 0 heterocycles. The molecule has 3 heteroatoms. The van der Waals surface area contributed by atoms with E-state index >= 15 is 0 Å². The third kappa shape index (κ3) is 9.72. The molecular formula is C28H55NO2. The summed E-state index contributed by atoms with van der Waals surface area (Å²) in [7, 11) is 3.88.